The zero-order valence-corrected chi connectivity index (χ0v) is 17.9. The molecule has 5 rings (SSSR count). The number of anilines is 1. The number of carbonyl (C=O) groups is 1. The summed E-state index contributed by atoms with van der Waals surface area (Å²) in [6.45, 7) is 4.70. The number of hydrogen-bond donors (Lipinski definition) is 2. The van der Waals surface area contributed by atoms with Crippen molar-refractivity contribution in [1.29, 1.82) is 0 Å². The Morgan fingerprint density at radius 2 is 2.17 bits per heavy atom. The van der Waals surface area contributed by atoms with E-state index in [9.17, 15) is 4.79 Å². The molecule has 2 aromatic carbocycles. The predicted octanol–water partition coefficient (Wildman–Crippen LogP) is 5.60. The molecule has 2 aliphatic rings. The van der Waals surface area contributed by atoms with E-state index in [1.54, 1.807) is 6.92 Å². The van der Waals surface area contributed by atoms with Crippen molar-refractivity contribution in [3.05, 3.63) is 70.4 Å². The first-order valence-corrected chi connectivity index (χ1v) is 11.0. The molecule has 1 aliphatic carbocycles. The summed E-state index contributed by atoms with van der Waals surface area (Å²) in [6, 6.07) is 12.4. The van der Waals surface area contributed by atoms with Gasteiger partial charge in [0.05, 0.1) is 0 Å². The maximum atomic E-state index is 11.5. The maximum Gasteiger partial charge on any atom is 0.221 e. The molecular weight excluding hydrogens is 394 g/mol. The van der Waals surface area contributed by atoms with Crippen LogP contribution in [0, 0.1) is 0 Å². The fraction of sp³-hybridized carbons (Fsp3) is 0.320. The molecule has 154 valence electrons. The molecule has 3 aromatic rings. The standard InChI is InChI=1S/C25H26ClN3O/c1-16(30)28-24-4-2-3-20-18(5-7-21(20)24)15-29-11-9-17(10-12-29)23-14-27-25-13-19(26)6-8-22(23)25/h2-4,6,8-9,13-14,18,27H,5,7,10-12,15H2,1H3,(H,28,30). The van der Waals surface area contributed by atoms with Crippen LogP contribution in [0.2, 0.25) is 5.02 Å². The van der Waals surface area contributed by atoms with Crippen molar-refractivity contribution in [3.8, 4) is 0 Å². The van der Waals surface area contributed by atoms with Gasteiger partial charge in [-0.1, -0.05) is 35.9 Å². The van der Waals surface area contributed by atoms with E-state index in [4.69, 9.17) is 11.6 Å². The van der Waals surface area contributed by atoms with E-state index in [0.29, 0.717) is 5.92 Å². The quantitative estimate of drug-likeness (QED) is 0.578. The molecule has 1 aromatic heterocycles. The largest absolute Gasteiger partial charge is 0.361 e. The number of nitrogens with one attached hydrogen (secondary N) is 2. The number of hydrogen-bond acceptors (Lipinski definition) is 2. The van der Waals surface area contributed by atoms with Crippen molar-refractivity contribution in [2.75, 3.05) is 25.0 Å². The van der Waals surface area contributed by atoms with Crippen LogP contribution in [0.25, 0.3) is 16.5 Å². The zero-order valence-electron chi connectivity index (χ0n) is 17.2. The summed E-state index contributed by atoms with van der Waals surface area (Å²) in [5.41, 5.74) is 7.53. The summed E-state index contributed by atoms with van der Waals surface area (Å²) in [5.74, 6) is 0.541. The number of halogens is 1. The van der Waals surface area contributed by atoms with Gasteiger partial charge in [0.1, 0.15) is 0 Å². The van der Waals surface area contributed by atoms with Crippen LogP contribution in [-0.4, -0.2) is 35.4 Å². The third-order valence-electron chi connectivity index (χ3n) is 6.47. The minimum Gasteiger partial charge on any atom is -0.361 e. The molecule has 0 bridgehead atoms. The van der Waals surface area contributed by atoms with E-state index in [1.807, 2.05) is 18.2 Å². The molecular formula is C25H26ClN3O. The van der Waals surface area contributed by atoms with E-state index >= 15 is 0 Å². The Hall–Kier alpha value is -2.56. The number of rotatable bonds is 4. The van der Waals surface area contributed by atoms with E-state index in [0.717, 1.165) is 55.1 Å². The molecule has 0 saturated heterocycles. The second-order valence-corrected chi connectivity index (χ2v) is 8.86. The van der Waals surface area contributed by atoms with Crippen LogP contribution in [0.15, 0.2) is 48.7 Å². The Kier molecular flexibility index (Phi) is 5.13. The summed E-state index contributed by atoms with van der Waals surface area (Å²) in [7, 11) is 0. The first kappa shape index (κ1) is 19.4. The molecule has 1 unspecified atom stereocenters. The molecule has 2 N–H and O–H groups in total. The van der Waals surface area contributed by atoms with Crippen LogP contribution in [0.5, 0.6) is 0 Å². The van der Waals surface area contributed by atoms with Crippen molar-refractivity contribution in [1.82, 2.24) is 9.88 Å². The van der Waals surface area contributed by atoms with Gasteiger partial charge in [-0.3, -0.25) is 9.69 Å². The lowest BCUT2D eigenvalue weighted by Crippen LogP contribution is -2.32. The molecule has 0 spiro atoms. The highest BCUT2D eigenvalue weighted by Gasteiger charge is 2.27. The number of carbonyl (C=O) groups excluding carboxylic acids is 1. The van der Waals surface area contributed by atoms with Crippen LogP contribution in [0.3, 0.4) is 0 Å². The third-order valence-corrected chi connectivity index (χ3v) is 6.70. The number of benzene rings is 2. The Labute approximate surface area is 181 Å². The molecule has 1 amide bonds. The van der Waals surface area contributed by atoms with Gasteiger partial charge in [0.2, 0.25) is 5.91 Å². The summed E-state index contributed by atoms with van der Waals surface area (Å²) in [6.07, 6.45) is 7.75. The molecule has 30 heavy (non-hydrogen) atoms. The Balaban J connectivity index is 1.29. The SMILES string of the molecule is CC(=O)Nc1cccc2c1CCC2CN1CC=C(c2c[nH]c3cc(Cl)ccc23)CC1. The fourth-order valence-corrected chi connectivity index (χ4v) is 5.21. The molecule has 0 fully saturated rings. The van der Waals surface area contributed by atoms with Gasteiger partial charge in [-0.15, -0.1) is 0 Å². The van der Waals surface area contributed by atoms with E-state index < -0.39 is 0 Å². The maximum absolute atomic E-state index is 11.5. The Morgan fingerprint density at radius 1 is 1.27 bits per heavy atom. The Bertz CT molecular complexity index is 1150. The summed E-state index contributed by atoms with van der Waals surface area (Å²) in [5, 5.41) is 5.00. The zero-order chi connectivity index (χ0) is 20.7. The predicted molar refractivity (Wildman–Crippen MR) is 124 cm³/mol. The number of aromatic nitrogens is 1. The molecule has 2 heterocycles. The molecule has 0 saturated carbocycles. The normalized spacial score (nSPS) is 19.0. The van der Waals surface area contributed by atoms with Gasteiger partial charge in [-0.25, -0.2) is 0 Å². The van der Waals surface area contributed by atoms with E-state index in [2.05, 4.69) is 45.7 Å². The van der Waals surface area contributed by atoms with Crippen molar-refractivity contribution in [2.45, 2.75) is 32.1 Å². The lowest BCUT2D eigenvalue weighted by atomic mass is 9.96. The van der Waals surface area contributed by atoms with Gasteiger partial charge in [-0.05, 0) is 60.1 Å². The van der Waals surface area contributed by atoms with Crippen molar-refractivity contribution in [3.63, 3.8) is 0 Å². The highest BCUT2D eigenvalue weighted by atomic mass is 35.5. The third kappa shape index (κ3) is 3.66. The average molecular weight is 420 g/mol. The minimum atomic E-state index is 0.0000919. The summed E-state index contributed by atoms with van der Waals surface area (Å²) >= 11 is 6.12. The molecule has 1 aliphatic heterocycles. The van der Waals surface area contributed by atoms with Gasteiger partial charge in [0.25, 0.3) is 0 Å². The van der Waals surface area contributed by atoms with Gasteiger partial charge >= 0.3 is 0 Å². The minimum absolute atomic E-state index is 0.0000919. The van der Waals surface area contributed by atoms with Crippen LogP contribution >= 0.6 is 11.6 Å². The topological polar surface area (TPSA) is 48.1 Å². The van der Waals surface area contributed by atoms with E-state index in [-0.39, 0.29) is 5.91 Å². The lowest BCUT2D eigenvalue weighted by molar-refractivity contribution is -0.114. The summed E-state index contributed by atoms with van der Waals surface area (Å²) in [4.78, 5) is 17.4. The van der Waals surface area contributed by atoms with Gasteiger partial charge < -0.3 is 10.3 Å². The monoisotopic (exact) mass is 419 g/mol. The van der Waals surface area contributed by atoms with Crippen molar-refractivity contribution in [2.24, 2.45) is 0 Å². The second kappa shape index (κ2) is 7.93. The lowest BCUT2D eigenvalue weighted by Gasteiger charge is -2.29. The number of fused-ring (bicyclic) bond motifs is 2. The smallest absolute Gasteiger partial charge is 0.221 e. The number of amides is 1. The highest BCUT2D eigenvalue weighted by molar-refractivity contribution is 6.31. The number of aromatic amines is 1. The second-order valence-electron chi connectivity index (χ2n) is 8.42. The van der Waals surface area contributed by atoms with Crippen LogP contribution in [0.1, 0.15) is 42.4 Å². The average Bonchev–Trinajstić information content (AvgIpc) is 3.33. The molecule has 5 heteroatoms. The van der Waals surface area contributed by atoms with Crippen LogP contribution < -0.4 is 5.32 Å². The highest BCUT2D eigenvalue weighted by Crippen LogP contribution is 2.38. The van der Waals surface area contributed by atoms with Gasteiger partial charge in [0, 0.05) is 59.9 Å². The molecule has 0 radical (unpaired) electrons. The molecule has 1 atom stereocenters. The van der Waals surface area contributed by atoms with Crippen LogP contribution in [-0.2, 0) is 11.2 Å². The first-order chi connectivity index (χ1) is 14.6. The Morgan fingerprint density at radius 3 is 2.97 bits per heavy atom. The van der Waals surface area contributed by atoms with Gasteiger partial charge in [0.15, 0.2) is 0 Å². The first-order valence-electron chi connectivity index (χ1n) is 10.7. The van der Waals surface area contributed by atoms with Crippen molar-refractivity contribution < 1.29 is 4.79 Å². The summed E-state index contributed by atoms with van der Waals surface area (Å²) < 4.78 is 0. The fourth-order valence-electron chi connectivity index (χ4n) is 5.03. The van der Waals surface area contributed by atoms with Crippen LogP contribution in [0.4, 0.5) is 5.69 Å². The molecule has 4 nitrogen and oxygen atoms in total. The van der Waals surface area contributed by atoms with Gasteiger partial charge in [-0.2, -0.15) is 0 Å². The number of nitrogens with zero attached hydrogens (tertiary/aromatic N) is 1. The van der Waals surface area contributed by atoms with Crippen molar-refractivity contribution >= 4 is 39.7 Å². The number of H-pyrrole nitrogens is 1. The van der Waals surface area contributed by atoms with E-state index in [1.165, 1.54) is 27.6 Å².